The van der Waals surface area contributed by atoms with Crippen molar-refractivity contribution in [2.75, 3.05) is 7.11 Å². The molecule has 0 saturated carbocycles. The van der Waals surface area contributed by atoms with Gasteiger partial charge in [-0.2, -0.15) is 0 Å². The Morgan fingerprint density at radius 3 is 2.04 bits per heavy atom. The molecule has 8 heteroatoms. The van der Waals surface area contributed by atoms with Gasteiger partial charge in [0.25, 0.3) is 5.69 Å². The third-order valence-corrected chi connectivity index (χ3v) is 3.77. The molecule has 0 radical (unpaired) electrons. The van der Waals surface area contributed by atoms with Crippen LogP contribution in [0, 0.1) is 17.0 Å². The minimum Gasteiger partial charge on any atom is -0.465 e. The van der Waals surface area contributed by atoms with Crippen LogP contribution in [0.5, 0.6) is 0 Å². The quantitative estimate of drug-likeness (QED) is 0.332. The van der Waals surface area contributed by atoms with Crippen LogP contribution in [0.2, 0.25) is 0 Å². The lowest BCUT2D eigenvalue weighted by Gasteiger charge is -2.13. The summed E-state index contributed by atoms with van der Waals surface area (Å²) in [5, 5.41) is 11.0. The second-order valence-corrected chi connectivity index (χ2v) is 5.80. The lowest BCUT2D eigenvalue weighted by molar-refractivity contribution is -0.384. The maximum atomic E-state index is 12.4. The monoisotopic (exact) mass is 371 g/mol. The molecule has 0 N–H and O–H groups in total. The molecule has 0 saturated heterocycles. The van der Waals surface area contributed by atoms with E-state index < -0.39 is 34.4 Å². The maximum Gasteiger partial charge on any atom is 0.339 e. The van der Waals surface area contributed by atoms with E-state index in [0.717, 1.165) is 30.9 Å². The number of carbonyl (C=O) groups excluding carboxylic acids is 3. The van der Waals surface area contributed by atoms with E-state index in [-0.39, 0.29) is 11.1 Å². The first-order chi connectivity index (χ1) is 12.7. The number of rotatable bonds is 6. The number of benzene rings is 2. The van der Waals surface area contributed by atoms with E-state index in [1.54, 1.807) is 24.3 Å². The fourth-order valence-corrected chi connectivity index (χ4v) is 2.30. The number of ketones is 1. The molecule has 0 heterocycles. The fraction of sp³-hybridized carbons (Fsp3) is 0.211. The van der Waals surface area contributed by atoms with Crippen LogP contribution in [0.1, 0.15) is 43.6 Å². The first-order valence-electron chi connectivity index (χ1n) is 7.92. The highest BCUT2D eigenvalue weighted by Crippen LogP contribution is 2.20. The van der Waals surface area contributed by atoms with Crippen molar-refractivity contribution in [2.45, 2.75) is 20.0 Å². The van der Waals surface area contributed by atoms with Crippen molar-refractivity contribution in [2.24, 2.45) is 0 Å². The average molecular weight is 371 g/mol. The molecule has 8 nitrogen and oxygen atoms in total. The number of aryl methyl sites for hydroxylation is 1. The number of esters is 2. The Bertz CT molecular complexity index is 903. The Balaban J connectivity index is 2.24. The third-order valence-electron chi connectivity index (χ3n) is 3.77. The predicted octanol–water partition coefficient (Wildman–Crippen LogP) is 3.12. The van der Waals surface area contributed by atoms with Gasteiger partial charge in [-0.1, -0.05) is 29.8 Å². The Hall–Kier alpha value is -3.55. The van der Waals surface area contributed by atoms with Crippen molar-refractivity contribution >= 4 is 23.4 Å². The first kappa shape index (κ1) is 19.8. The van der Waals surface area contributed by atoms with Crippen LogP contribution < -0.4 is 0 Å². The molecule has 2 aromatic carbocycles. The van der Waals surface area contributed by atoms with Crippen LogP contribution in [-0.2, 0) is 9.47 Å². The number of Topliss-reactive ketones (excluding diaryl/α,β-unsaturated/α-hetero) is 1. The molecule has 0 amide bonds. The maximum absolute atomic E-state index is 12.4. The lowest BCUT2D eigenvalue weighted by atomic mass is 10.1. The Kier molecular flexibility index (Phi) is 6.02. The van der Waals surface area contributed by atoms with Crippen molar-refractivity contribution in [3.8, 4) is 0 Å². The summed E-state index contributed by atoms with van der Waals surface area (Å²) in [6.07, 6.45) is -1.11. The highest BCUT2D eigenvalue weighted by molar-refractivity contribution is 6.02. The summed E-state index contributed by atoms with van der Waals surface area (Å²) in [7, 11) is 1.11. The minimum atomic E-state index is -1.11. The van der Waals surface area contributed by atoms with Gasteiger partial charge in [0.15, 0.2) is 6.10 Å². The molecule has 0 bridgehead atoms. The summed E-state index contributed by atoms with van der Waals surface area (Å²) in [6, 6.07) is 9.82. The Morgan fingerprint density at radius 2 is 1.52 bits per heavy atom. The molecule has 0 unspecified atom stereocenters. The molecule has 27 heavy (non-hydrogen) atoms. The molecule has 2 rings (SSSR count). The van der Waals surface area contributed by atoms with Crippen molar-refractivity contribution in [3.05, 3.63) is 74.8 Å². The summed E-state index contributed by atoms with van der Waals surface area (Å²) < 4.78 is 9.65. The van der Waals surface area contributed by atoms with E-state index in [0.29, 0.717) is 5.56 Å². The van der Waals surface area contributed by atoms with Gasteiger partial charge in [0.2, 0.25) is 5.78 Å². The third kappa shape index (κ3) is 4.75. The standard InChI is InChI=1S/C19H17NO7/c1-11-4-6-13(7-5-11)17(21)12(2)27-19(23)15-8-14(18(22)26-3)9-16(10-15)20(24)25/h4-10,12H,1-3H3/t12-/m0/s1. The molecule has 0 aliphatic rings. The Morgan fingerprint density at radius 1 is 0.963 bits per heavy atom. The second kappa shape index (κ2) is 8.22. The molecular weight excluding hydrogens is 354 g/mol. The summed E-state index contributed by atoms with van der Waals surface area (Å²) in [5.74, 6) is -2.21. The van der Waals surface area contributed by atoms with Crippen LogP contribution in [0.15, 0.2) is 42.5 Å². The SMILES string of the molecule is COC(=O)c1cc(C(=O)O[C@@H](C)C(=O)c2ccc(C)cc2)cc([N+](=O)[O-])c1. The van der Waals surface area contributed by atoms with Gasteiger partial charge in [0.05, 0.1) is 23.2 Å². The number of hydrogen-bond donors (Lipinski definition) is 0. The van der Waals surface area contributed by atoms with Gasteiger partial charge < -0.3 is 9.47 Å². The summed E-state index contributed by atoms with van der Waals surface area (Å²) >= 11 is 0. The highest BCUT2D eigenvalue weighted by Gasteiger charge is 2.23. The van der Waals surface area contributed by atoms with Crippen LogP contribution in [0.3, 0.4) is 0 Å². The van der Waals surface area contributed by atoms with Gasteiger partial charge >= 0.3 is 11.9 Å². The van der Waals surface area contributed by atoms with Crippen molar-refractivity contribution in [3.63, 3.8) is 0 Å². The van der Waals surface area contributed by atoms with Gasteiger partial charge in [-0.05, 0) is 19.9 Å². The van der Waals surface area contributed by atoms with Gasteiger partial charge in [-0.3, -0.25) is 14.9 Å². The number of carbonyl (C=O) groups is 3. The summed E-state index contributed by atoms with van der Waals surface area (Å²) in [5.41, 5.74) is 0.477. The number of nitro groups is 1. The van der Waals surface area contributed by atoms with E-state index in [9.17, 15) is 24.5 Å². The molecule has 0 aliphatic carbocycles. The van der Waals surface area contributed by atoms with Crippen molar-refractivity contribution < 1.29 is 28.8 Å². The van der Waals surface area contributed by atoms with E-state index in [4.69, 9.17) is 4.74 Å². The van der Waals surface area contributed by atoms with Gasteiger partial charge in [-0.25, -0.2) is 9.59 Å². The zero-order valence-electron chi connectivity index (χ0n) is 14.9. The van der Waals surface area contributed by atoms with E-state index >= 15 is 0 Å². The van der Waals surface area contributed by atoms with E-state index in [1.807, 2.05) is 6.92 Å². The fourth-order valence-electron chi connectivity index (χ4n) is 2.30. The van der Waals surface area contributed by atoms with Gasteiger partial charge in [0.1, 0.15) is 0 Å². The number of nitro benzene ring substituents is 1. The number of non-ortho nitro benzene ring substituents is 1. The zero-order chi connectivity index (χ0) is 20.1. The smallest absolute Gasteiger partial charge is 0.339 e. The van der Waals surface area contributed by atoms with Crippen LogP contribution in [0.25, 0.3) is 0 Å². The highest BCUT2D eigenvalue weighted by atomic mass is 16.6. The van der Waals surface area contributed by atoms with Gasteiger partial charge in [-0.15, -0.1) is 0 Å². The predicted molar refractivity (Wildman–Crippen MR) is 94.8 cm³/mol. The molecular formula is C19H17NO7. The van der Waals surface area contributed by atoms with Crippen LogP contribution >= 0.6 is 0 Å². The Labute approximate surface area is 154 Å². The number of hydrogen-bond acceptors (Lipinski definition) is 7. The van der Waals surface area contributed by atoms with Crippen LogP contribution in [0.4, 0.5) is 5.69 Å². The zero-order valence-corrected chi connectivity index (χ0v) is 14.9. The topological polar surface area (TPSA) is 113 Å². The molecule has 1 atom stereocenters. The lowest BCUT2D eigenvalue weighted by Crippen LogP contribution is -2.24. The van der Waals surface area contributed by atoms with Crippen molar-refractivity contribution in [1.82, 2.24) is 0 Å². The minimum absolute atomic E-state index is 0.170. The normalized spacial score (nSPS) is 11.4. The number of nitrogens with zero attached hydrogens (tertiary/aromatic N) is 1. The van der Waals surface area contributed by atoms with E-state index in [1.165, 1.54) is 6.92 Å². The number of methoxy groups -OCH3 is 1. The summed E-state index contributed by atoms with van der Waals surface area (Å²) in [6.45, 7) is 3.28. The van der Waals surface area contributed by atoms with E-state index in [2.05, 4.69) is 4.74 Å². The average Bonchev–Trinajstić information content (AvgIpc) is 2.66. The molecule has 0 aromatic heterocycles. The molecule has 0 spiro atoms. The second-order valence-electron chi connectivity index (χ2n) is 5.80. The van der Waals surface area contributed by atoms with Crippen LogP contribution in [-0.4, -0.2) is 35.9 Å². The van der Waals surface area contributed by atoms with Gasteiger partial charge in [0, 0.05) is 17.7 Å². The molecule has 2 aromatic rings. The molecule has 0 aliphatic heterocycles. The molecule has 140 valence electrons. The summed E-state index contributed by atoms with van der Waals surface area (Å²) in [4.78, 5) is 46.6. The largest absolute Gasteiger partial charge is 0.465 e. The van der Waals surface area contributed by atoms with Crippen molar-refractivity contribution in [1.29, 1.82) is 0 Å². The first-order valence-corrected chi connectivity index (χ1v) is 7.92. The molecule has 0 fully saturated rings. The number of ether oxygens (including phenoxy) is 2.